The van der Waals surface area contributed by atoms with Gasteiger partial charge in [0.05, 0.1) is 35.1 Å². The maximum atomic E-state index is 15.0. The topological polar surface area (TPSA) is 102 Å². The Bertz CT molecular complexity index is 1340. The van der Waals surface area contributed by atoms with Gasteiger partial charge in [0.25, 0.3) is 0 Å². The van der Waals surface area contributed by atoms with Gasteiger partial charge in [-0.3, -0.25) is 14.8 Å². The van der Waals surface area contributed by atoms with Gasteiger partial charge in [-0.05, 0) is 64.4 Å². The molecule has 208 valence electrons. The molecule has 1 amide bonds. The highest BCUT2D eigenvalue weighted by molar-refractivity contribution is 5.86. The summed E-state index contributed by atoms with van der Waals surface area (Å²) in [7, 11) is 0. The van der Waals surface area contributed by atoms with Crippen LogP contribution in [0.25, 0.3) is 11.1 Å². The number of nitrogens with one attached hydrogen (secondary N) is 2. The van der Waals surface area contributed by atoms with Crippen molar-refractivity contribution < 1.29 is 27.1 Å². The standard InChI is InChI=1S/C27H30F4N6O2/c1-14(23-19(28)10-17(12-34-23)16-6-8-32-21(11-16)27(29,30)31)36-25-33-9-7-20(37-25)22-18(13-35-24(22)38)15(2)39-26(3,4)5/h6-12,14-15,18,22H,13H2,1-5H3,(H,35,38)(H,33,36,37)/t14-,15+,18?,22+/m0/s1. The fraction of sp³-hybridized carbons (Fsp3) is 0.444. The van der Waals surface area contributed by atoms with Crippen LogP contribution in [0.15, 0.2) is 42.9 Å². The molecular formula is C27H30F4N6O2. The molecule has 39 heavy (non-hydrogen) atoms. The lowest BCUT2D eigenvalue weighted by molar-refractivity contribution is -0.141. The van der Waals surface area contributed by atoms with Crippen LogP contribution in [0.2, 0.25) is 0 Å². The fourth-order valence-electron chi connectivity index (χ4n) is 4.64. The second kappa shape index (κ2) is 10.8. The Labute approximate surface area is 223 Å². The maximum Gasteiger partial charge on any atom is 0.433 e. The van der Waals surface area contributed by atoms with E-state index in [0.717, 1.165) is 18.3 Å². The Hall–Kier alpha value is -3.67. The molecule has 4 rings (SSSR count). The predicted octanol–water partition coefficient (Wildman–Crippen LogP) is 5.30. The Morgan fingerprint density at radius 2 is 1.77 bits per heavy atom. The van der Waals surface area contributed by atoms with Gasteiger partial charge in [0.15, 0.2) is 0 Å². The van der Waals surface area contributed by atoms with E-state index in [4.69, 9.17) is 4.74 Å². The highest BCUT2D eigenvalue weighted by atomic mass is 19.4. The second-order valence-electron chi connectivity index (χ2n) is 10.5. The zero-order valence-electron chi connectivity index (χ0n) is 22.2. The number of nitrogens with zero attached hydrogens (tertiary/aromatic N) is 4. The summed E-state index contributed by atoms with van der Waals surface area (Å²) in [6.45, 7) is 9.89. The van der Waals surface area contributed by atoms with E-state index in [1.54, 1.807) is 13.0 Å². The van der Waals surface area contributed by atoms with Gasteiger partial charge in [-0.15, -0.1) is 0 Å². The van der Waals surface area contributed by atoms with E-state index in [-0.39, 0.29) is 46.3 Å². The number of pyridine rings is 2. The average Bonchev–Trinajstić information content (AvgIpc) is 3.24. The number of aromatic nitrogens is 4. The molecule has 0 radical (unpaired) electrons. The Kier molecular flexibility index (Phi) is 7.87. The monoisotopic (exact) mass is 546 g/mol. The second-order valence-corrected chi connectivity index (χ2v) is 10.5. The lowest BCUT2D eigenvalue weighted by Gasteiger charge is -2.30. The molecule has 4 heterocycles. The van der Waals surface area contributed by atoms with Gasteiger partial charge in [0.1, 0.15) is 11.5 Å². The van der Waals surface area contributed by atoms with Gasteiger partial charge < -0.3 is 15.4 Å². The summed E-state index contributed by atoms with van der Waals surface area (Å²) in [6.07, 6.45) is -1.00. The van der Waals surface area contributed by atoms with Gasteiger partial charge in [-0.25, -0.2) is 14.4 Å². The summed E-state index contributed by atoms with van der Waals surface area (Å²) >= 11 is 0. The number of ether oxygens (including phenoxy) is 1. The van der Waals surface area contributed by atoms with Crippen molar-refractivity contribution in [2.75, 3.05) is 11.9 Å². The molecule has 0 aliphatic carbocycles. The maximum absolute atomic E-state index is 15.0. The third-order valence-corrected chi connectivity index (χ3v) is 6.37. The minimum absolute atomic E-state index is 0.0292. The van der Waals surface area contributed by atoms with Crippen molar-refractivity contribution in [3.63, 3.8) is 0 Å². The quantitative estimate of drug-likeness (QED) is 0.388. The molecule has 1 aliphatic heterocycles. The molecule has 1 fully saturated rings. The molecule has 4 atom stereocenters. The number of rotatable bonds is 7. The number of carbonyl (C=O) groups is 1. The van der Waals surface area contributed by atoms with Crippen LogP contribution in [0.3, 0.4) is 0 Å². The van der Waals surface area contributed by atoms with Crippen LogP contribution in [0, 0.1) is 11.7 Å². The third kappa shape index (κ3) is 6.67. The zero-order chi connectivity index (χ0) is 28.5. The van der Waals surface area contributed by atoms with Crippen LogP contribution in [0.5, 0.6) is 0 Å². The van der Waals surface area contributed by atoms with Crippen molar-refractivity contribution in [3.05, 3.63) is 65.8 Å². The molecule has 3 aromatic heterocycles. The van der Waals surface area contributed by atoms with E-state index >= 15 is 4.39 Å². The number of halogens is 4. The summed E-state index contributed by atoms with van der Waals surface area (Å²) in [5, 5.41) is 5.88. The number of hydrogen-bond donors (Lipinski definition) is 2. The smallest absolute Gasteiger partial charge is 0.373 e. The highest BCUT2D eigenvalue weighted by Crippen LogP contribution is 2.34. The number of hydrogen-bond acceptors (Lipinski definition) is 7. The molecule has 0 bridgehead atoms. The van der Waals surface area contributed by atoms with E-state index < -0.39 is 29.6 Å². The van der Waals surface area contributed by atoms with E-state index in [9.17, 15) is 18.0 Å². The van der Waals surface area contributed by atoms with Crippen LogP contribution in [-0.2, 0) is 15.7 Å². The van der Waals surface area contributed by atoms with Crippen molar-refractivity contribution >= 4 is 11.9 Å². The van der Waals surface area contributed by atoms with Crippen molar-refractivity contribution in [2.24, 2.45) is 5.92 Å². The molecule has 3 aromatic rings. The van der Waals surface area contributed by atoms with Crippen molar-refractivity contribution in [1.29, 1.82) is 0 Å². The van der Waals surface area contributed by atoms with Gasteiger partial charge in [-0.1, -0.05) is 0 Å². The van der Waals surface area contributed by atoms with E-state index in [2.05, 4.69) is 30.6 Å². The number of carbonyl (C=O) groups excluding carboxylic acids is 1. The van der Waals surface area contributed by atoms with Gasteiger partial charge in [0.2, 0.25) is 11.9 Å². The molecule has 1 saturated heterocycles. The molecular weight excluding hydrogens is 516 g/mol. The van der Waals surface area contributed by atoms with E-state index in [1.165, 1.54) is 18.5 Å². The normalized spacial score (nSPS) is 19.5. The van der Waals surface area contributed by atoms with Crippen LogP contribution < -0.4 is 10.6 Å². The first-order chi connectivity index (χ1) is 18.2. The molecule has 8 nitrogen and oxygen atoms in total. The Balaban J connectivity index is 1.52. The van der Waals surface area contributed by atoms with Gasteiger partial charge >= 0.3 is 6.18 Å². The first-order valence-corrected chi connectivity index (χ1v) is 12.5. The minimum Gasteiger partial charge on any atom is -0.373 e. The largest absolute Gasteiger partial charge is 0.433 e. The van der Waals surface area contributed by atoms with Crippen molar-refractivity contribution in [2.45, 2.75) is 64.5 Å². The van der Waals surface area contributed by atoms with Gasteiger partial charge in [0, 0.05) is 36.6 Å². The SMILES string of the molecule is C[C@H](Nc1nccc([C@@H]2C(=O)NCC2[C@@H](C)OC(C)(C)C)n1)c1ncc(-c2ccnc(C(F)(F)F)c2)cc1F. The molecule has 0 spiro atoms. The first kappa shape index (κ1) is 28.3. The van der Waals surface area contributed by atoms with Crippen LogP contribution >= 0.6 is 0 Å². The van der Waals surface area contributed by atoms with Crippen molar-refractivity contribution in [3.8, 4) is 11.1 Å². The predicted molar refractivity (Wildman–Crippen MR) is 136 cm³/mol. The number of amides is 1. The van der Waals surface area contributed by atoms with Crippen LogP contribution in [0.1, 0.15) is 63.7 Å². The van der Waals surface area contributed by atoms with Gasteiger partial charge in [-0.2, -0.15) is 13.2 Å². The Morgan fingerprint density at radius 3 is 2.44 bits per heavy atom. The number of anilines is 1. The lowest BCUT2D eigenvalue weighted by atomic mass is 9.88. The Morgan fingerprint density at radius 1 is 1.05 bits per heavy atom. The molecule has 1 aliphatic rings. The van der Waals surface area contributed by atoms with Crippen LogP contribution in [0.4, 0.5) is 23.5 Å². The summed E-state index contributed by atoms with van der Waals surface area (Å²) in [6, 6.07) is 4.30. The molecule has 2 N–H and O–H groups in total. The summed E-state index contributed by atoms with van der Waals surface area (Å²) in [4.78, 5) is 28.9. The number of alkyl halides is 3. The fourth-order valence-corrected chi connectivity index (χ4v) is 4.64. The highest BCUT2D eigenvalue weighted by Gasteiger charge is 2.41. The first-order valence-electron chi connectivity index (χ1n) is 12.5. The molecule has 1 unspecified atom stereocenters. The summed E-state index contributed by atoms with van der Waals surface area (Å²) < 4.78 is 60.2. The van der Waals surface area contributed by atoms with E-state index in [1.807, 2.05) is 27.7 Å². The summed E-state index contributed by atoms with van der Waals surface area (Å²) in [5.74, 6) is -1.38. The average molecular weight is 547 g/mol. The van der Waals surface area contributed by atoms with Crippen molar-refractivity contribution in [1.82, 2.24) is 25.3 Å². The molecule has 0 aromatic carbocycles. The third-order valence-electron chi connectivity index (χ3n) is 6.37. The van der Waals surface area contributed by atoms with Crippen LogP contribution in [-0.4, -0.2) is 44.1 Å². The zero-order valence-corrected chi connectivity index (χ0v) is 22.2. The minimum atomic E-state index is -4.62. The molecule has 12 heteroatoms. The molecule has 0 saturated carbocycles. The van der Waals surface area contributed by atoms with E-state index in [0.29, 0.717) is 12.2 Å². The lowest BCUT2D eigenvalue weighted by Crippen LogP contribution is -2.34. The summed E-state index contributed by atoms with van der Waals surface area (Å²) in [5.41, 5.74) is -0.601.